The van der Waals surface area contributed by atoms with Crippen LogP contribution in [0.3, 0.4) is 0 Å². The van der Waals surface area contributed by atoms with Crippen molar-refractivity contribution >= 4 is 17.5 Å². The molecule has 282 valence electrons. The Morgan fingerprint density at radius 3 is 2.41 bits per heavy atom. The fraction of sp³-hybridized carbons (Fsp3) is 0.700. The van der Waals surface area contributed by atoms with E-state index in [-0.39, 0.29) is 37.6 Å². The van der Waals surface area contributed by atoms with E-state index in [1.165, 1.54) is 6.92 Å². The van der Waals surface area contributed by atoms with Crippen molar-refractivity contribution in [2.75, 3.05) is 27.3 Å². The molecule has 51 heavy (non-hydrogen) atoms. The van der Waals surface area contributed by atoms with Gasteiger partial charge in [-0.15, -0.1) is 0 Å². The van der Waals surface area contributed by atoms with Gasteiger partial charge in [0.2, 0.25) is 0 Å². The van der Waals surface area contributed by atoms with Crippen molar-refractivity contribution in [2.24, 2.45) is 29.6 Å². The molecule has 1 aromatic rings. The zero-order valence-electron chi connectivity index (χ0n) is 32.0. The summed E-state index contributed by atoms with van der Waals surface area (Å²) in [4.78, 5) is 48.8. The summed E-state index contributed by atoms with van der Waals surface area (Å²) in [6.45, 7) is 18.8. The highest BCUT2D eigenvalue weighted by molar-refractivity contribution is 6.00. The van der Waals surface area contributed by atoms with Crippen LogP contribution in [0.25, 0.3) is 0 Å². The molecule has 3 saturated heterocycles. The van der Waals surface area contributed by atoms with Crippen LogP contribution in [0.5, 0.6) is 0 Å². The number of esters is 1. The molecule has 1 aromatic heterocycles. The Bertz CT molecular complexity index is 1470. The van der Waals surface area contributed by atoms with E-state index in [1.54, 1.807) is 32.2 Å². The smallest absolute Gasteiger partial charge is 0.316 e. The number of hydrogen-bond donors (Lipinski definition) is 1. The highest BCUT2D eigenvalue weighted by Crippen LogP contribution is 2.46. The highest BCUT2D eigenvalue weighted by atomic mass is 16.7. The molecule has 0 saturated carbocycles. The lowest BCUT2D eigenvalue weighted by molar-refractivity contribution is -0.296. The Morgan fingerprint density at radius 2 is 1.78 bits per heavy atom. The van der Waals surface area contributed by atoms with Gasteiger partial charge < -0.3 is 33.7 Å². The van der Waals surface area contributed by atoms with E-state index >= 15 is 0 Å². The molecule has 0 radical (unpaired) electrons. The molecular weight excluding hydrogens is 652 g/mol. The van der Waals surface area contributed by atoms with E-state index < -0.39 is 77.1 Å². The fourth-order valence-electron chi connectivity index (χ4n) is 8.42. The number of ketones is 2. The van der Waals surface area contributed by atoms with Crippen molar-refractivity contribution in [3.63, 3.8) is 0 Å². The van der Waals surface area contributed by atoms with Gasteiger partial charge in [-0.25, -0.2) is 4.98 Å². The number of carbonyl (C=O) groups excluding carboxylic acids is 3. The van der Waals surface area contributed by atoms with Gasteiger partial charge in [-0.3, -0.25) is 14.4 Å². The number of fused-ring (bicyclic) bond motifs is 1. The van der Waals surface area contributed by atoms with Crippen LogP contribution >= 0.6 is 0 Å². The molecule has 0 aromatic carbocycles. The SMILES string of the molecule is C=C1CO[C@]2(C)[C@@H](CC)OC(=O)C(C)C(=O)[C@H](C)[C@@H](O[C@@H]3O[C@H](C)C[C@H](N(C)C)[C@H]3O)[C@](C)(OCC#Cc3ccccn3)CC(C)C(=O)C(C)[C@H]12. The Kier molecular flexibility index (Phi) is 13.4. The number of hydrogen-bond acceptors (Lipinski definition) is 11. The zero-order chi connectivity index (χ0) is 37.8. The Balaban J connectivity index is 1.82. The lowest BCUT2D eigenvalue weighted by Gasteiger charge is -2.47. The topological polar surface area (TPSA) is 134 Å². The summed E-state index contributed by atoms with van der Waals surface area (Å²) in [5.74, 6) is 1.18. The highest BCUT2D eigenvalue weighted by Gasteiger charge is 2.55. The number of Topliss-reactive ketones (excluding diaryl/α,β-unsaturated/α-hetero) is 2. The summed E-state index contributed by atoms with van der Waals surface area (Å²) < 4.78 is 31.8. The quantitative estimate of drug-likeness (QED) is 0.195. The molecule has 3 aliphatic heterocycles. The molecule has 0 aliphatic carbocycles. The number of cyclic esters (lactones) is 1. The number of rotatable bonds is 6. The minimum atomic E-state index is -1.33. The first kappa shape index (κ1) is 40.8. The standard InChI is InChI=1S/C40H58N2O9/c1-12-31-40(9)32(24(3)22-48-40)26(5)33(43)23(2)21-39(8,47-19-15-17-29-16-13-14-18-41-29)36(27(6)34(44)28(7)37(46)50-31)51-38-35(45)30(42(10)11)20-25(4)49-38/h13-14,16,18,23,25-28,30-32,35-36,38,45H,3,12,19-22H2,1-2,4-11H3/t23?,25-,26?,27+,28?,30+,31-,32+,35-,36-,38+,39-,40-/m1/s1. The number of aromatic nitrogens is 1. The molecule has 1 N–H and O–H groups in total. The van der Waals surface area contributed by atoms with Crippen molar-refractivity contribution in [3.8, 4) is 11.8 Å². The van der Waals surface area contributed by atoms with Crippen LogP contribution in [0.1, 0.15) is 80.3 Å². The van der Waals surface area contributed by atoms with Gasteiger partial charge in [0.05, 0.1) is 24.4 Å². The van der Waals surface area contributed by atoms with E-state index in [4.69, 9.17) is 23.7 Å². The molecule has 0 bridgehead atoms. The molecule has 11 heteroatoms. The summed E-state index contributed by atoms with van der Waals surface area (Å²) in [6, 6.07) is 5.14. The Morgan fingerprint density at radius 1 is 1.08 bits per heavy atom. The second kappa shape index (κ2) is 16.8. The minimum Gasteiger partial charge on any atom is -0.459 e. The summed E-state index contributed by atoms with van der Waals surface area (Å²) in [5, 5.41) is 11.5. The average molecular weight is 711 g/mol. The van der Waals surface area contributed by atoms with Crippen LogP contribution in [-0.4, -0.2) is 108 Å². The Hall–Kier alpha value is -2.98. The molecule has 13 atom stereocenters. The van der Waals surface area contributed by atoms with Gasteiger partial charge in [0.1, 0.15) is 41.8 Å². The third-order valence-electron chi connectivity index (χ3n) is 11.2. The lowest BCUT2D eigenvalue weighted by Crippen LogP contribution is -2.59. The molecule has 3 unspecified atom stereocenters. The summed E-state index contributed by atoms with van der Waals surface area (Å²) >= 11 is 0. The van der Waals surface area contributed by atoms with Crippen LogP contribution < -0.4 is 0 Å². The van der Waals surface area contributed by atoms with Crippen LogP contribution in [0.15, 0.2) is 36.5 Å². The lowest BCUT2D eigenvalue weighted by atomic mass is 9.69. The van der Waals surface area contributed by atoms with Crippen molar-refractivity contribution in [1.29, 1.82) is 0 Å². The molecule has 3 fully saturated rings. The summed E-state index contributed by atoms with van der Waals surface area (Å²) in [7, 11) is 3.76. The average Bonchev–Trinajstić information content (AvgIpc) is 3.41. The molecule has 3 aliphatic rings. The van der Waals surface area contributed by atoms with Crippen LogP contribution in [0, 0.1) is 41.4 Å². The van der Waals surface area contributed by atoms with Gasteiger partial charge in [0, 0.05) is 35.9 Å². The van der Waals surface area contributed by atoms with Crippen LogP contribution in [0.4, 0.5) is 0 Å². The van der Waals surface area contributed by atoms with Crippen molar-refractivity contribution in [1.82, 2.24) is 9.88 Å². The number of pyridine rings is 1. The largest absolute Gasteiger partial charge is 0.459 e. The third kappa shape index (κ3) is 8.81. The summed E-state index contributed by atoms with van der Waals surface area (Å²) in [5.41, 5.74) is -1.03. The molecule has 0 amide bonds. The van der Waals surface area contributed by atoms with Crippen LogP contribution in [0.2, 0.25) is 0 Å². The van der Waals surface area contributed by atoms with Crippen molar-refractivity contribution in [3.05, 3.63) is 42.2 Å². The molecule has 4 rings (SSSR count). The minimum absolute atomic E-state index is 0.0492. The molecule has 0 spiro atoms. The summed E-state index contributed by atoms with van der Waals surface area (Å²) in [6.07, 6.45) is -1.46. The first-order valence-corrected chi connectivity index (χ1v) is 18.2. The predicted molar refractivity (Wildman–Crippen MR) is 191 cm³/mol. The van der Waals surface area contributed by atoms with Gasteiger partial charge in [0.25, 0.3) is 0 Å². The second-order valence-electron chi connectivity index (χ2n) is 15.4. The van der Waals surface area contributed by atoms with Crippen LogP contribution in [-0.2, 0) is 38.1 Å². The van der Waals surface area contributed by atoms with Gasteiger partial charge >= 0.3 is 5.97 Å². The second-order valence-corrected chi connectivity index (χ2v) is 15.4. The monoisotopic (exact) mass is 710 g/mol. The molecule has 4 heterocycles. The molecule has 11 nitrogen and oxygen atoms in total. The predicted octanol–water partition coefficient (Wildman–Crippen LogP) is 4.39. The van der Waals surface area contributed by atoms with E-state index in [2.05, 4.69) is 23.4 Å². The maximum absolute atomic E-state index is 14.4. The normalized spacial score (nSPS) is 39.9. The number of likely N-dealkylation sites (N-methyl/N-ethyl adjacent to an activating group) is 1. The number of aliphatic hydroxyl groups excluding tert-OH is 1. The third-order valence-corrected chi connectivity index (χ3v) is 11.2. The van der Waals surface area contributed by atoms with Gasteiger partial charge in [-0.2, -0.15) is 0 Å². The zero-order valence-corrected chi connectivity index (χ0v) is 32.0. The van der Waals surface area contributed by atoms with E-state index in [9.17, 15) is 19.5 Å². The molecular formula is C40H58N2O9. The van der Waals surface area contributed by atoms with Gasteiger partial charge in [0.15, 0.2) is 12.1 Å². The first-order valence-electron chi connectivity index (χ1n) is 18.2. The first-order chi connectivity index (χ1) is 23.9. The number of carbonyl (C=O) groups is 3. The van der Waals surface area contributed by atoms with Crippen molar-refractivity contribution < 1.29 is 43.2 Å². The van der Waals surface area contributed by atoms with Gasteiger partial charge in [-0.1, -0.05) is 46.3 Å². The number of ether oxygens (including phenoxy) is 5. The van der Waals surface area contributed by atoms with E-state index in [0.29, 0.717) is 18.5 Å². The van der Waals surface area contributed by atoms with E-state index in [1.807, 2.05) is 59.7 Å². The number of aliphatic hydroxyl groups is 1. The Labute approximate surface area is 303 Å². The van der Waals surface area contributed by atoms with E-state index in [0.717, 1.165) is 5.57 Å². The fourth-order valence-corrected chi connectivity index (χ4v) is 8.42. The maximum Gasteiger partial charge on any atom is 0.316 e. The van der Waals surface area contributed by atoms with Gasteiger partial charge in [-0.05, 0) is 84.7 Å². The number of nitrogens with zero attached hydrogens (tertiary/aromatic N) is 2. The van der Waals surface area contributed by atoms with Crippen molar-refractivity contribution in [2.45, 2.75) is 123 Å². The maximum atomic E-state index is 14.4.